The van der Waals surface area contributed by atoms with Crippen molar-refractivity contribution in [3.63, 3.8) is 0 Å². The maximum atomic E-state index is 11.8. The molecule has 4 rings (SSSR count). The topological polar surface area (TPSA) is 48.1 Å². The van der Waals surface area contributed by atoms with Crippen molar-refractivity contribution in [3.05, 3.63) is 74.6 Å². The number of nitrogens with one attached hydrogen (secondary N) is 2. The van der Waals surface area contributed by atoms with E-state index in [0.29, 0.717) is 16.5 Å². The Morgan fingerprint density at radius 1 is 1.15 bits per heavy atom. The zero-order chi connectivity index (χ0) is 18.8. The first kappa shape index (κ1) is 18.4. The summed E-state index contributed by atoms with van der Waals surface area (Å²) in [6.07, 6.45) is 3.95. The smallest absolute Gasteiger partial charge is 0.255 e. The number of piperidine rings is 1. The molecular weight excluding hydrogens is 381 g/mol. The summed E-state index contributed by atoms with van der Waals surface area (Å²) in [5.74, 6) is 0. The van der Waals surface area contributed by atoms with Gasteiger partial charge in [-0.3, -0.25) is 9.69 Å². The fourth-order valence-corrected chi connectivity index (χ4v) is 4.19. The molecule has 2 heterocycles. The zero-order valence-electron chi connectivity index (χ0n) is 14.8. The lowest BCUT2D eigenvalue weighted by Crippen LogP contribution is -2.41. The molecule has 1 aliphatic rings. The number of halogens is 2. The predicted molar refractivity (Wildman–Crippen MR) is 113 cm³/mol. The maximum Gasteiger partial charge on any atom is 0.255 e. The van der Waals surface area contributed by atoms with Crippen LogP contribution < -0.4 is 10.9 Å². The van der Waals surface area contributed by atoms with Crippen LogP contribution in [0.3, 0.4) is 0 Å². The molecule has 2 N–H and O–H groups in total. The number of nitrogens with zero attached hydrogens (tertiary/aromatic N) is 1. The zero-order valence-corrected chi connectivity index (χ0v) is 16.4. The molecule has 0 spiro atoms. The number of benzene rings is 2. The van der Waals surface area contributed by atoms with Gasteiger partial charge in [0, 0.05) is 46.4 Å². The third-order valence-corrected chi connectivity index (χ3v) is 5.65. The highest BCUT2D eigenvalue weighted by Crippen LogP contribution is 2.25. The highest BCUT2D eigenvalue weighted by Gasteiger charge is 2.20. The average Bonchev–Trinajstić information content (AvgIpc) is 2.65. The standard InChI is InChI=1S/C21H21Cl2N3O/c22-16-4-3-15(20(23)11-16)12-26-9-1-2-18(13-26)25-17-5-6-19-14(10-17)7-8-24-21(19)27/h3-8,10-11,18,25H,1-2,9,12-13H2,(H,24,27). The number of rotatable bonds is 4. The van der Waals surface area contributed by atoms with Crippen LogP contribution in [0.1, 0.15) is 18.4 Å². The van der Waals surface area contributed by atoms with Crippen LogP contribution in [0, 0.1) is 0 Å². The van der Waals surface area contributed by atoms with Gasteiger partial charge in [-0.1, -0.05) is 29.3 Å². The molecule has 140 valence electrons. The van der Waals surface area contributed by atoms with Crippen molar-refractivity contribution in [3.8, 4) is 0 Å². The van der Waals surface area contributed by atoms with E-state index in [1.54, 1.807) is 12.3 Å². The highest BCUT2D eigenvalue weighted by atomic mass is 35.5. The van der Waals surface area contributed by atoms with Gasteiger partial charge in [0.15, 0.2) is 0 Å². The van der Waals surface area contributed by atoms with Gasteiger partial charge in [0.1, 0.15) is 0 Å². The predicted octanol–water partition coefficient (Wildman–Crippen LogP) is 4.91. The molecule has 0 aliphatic carbocycles. The Balaban J connectivity index is 1.44. The van der Waals surface area contributed by atoms with Gasteiger partial charge < -0.3 is 10.3 Å². The number of H-pyrrole nitrogens is 1. The SMILES string of the molecule is O=c1[nH]ccc2cc(NC3CCCN(Cc4ccc(Cl)cc4Cl)C3)ccc12. The first-order valence-electron chi connectivity index (χ1n) is 9.13. The van der Waals surface area contributed by atoms with Crippen molar-refractivity contribution in [1.29, 1.82) is 0 Å². The molecule has 1 unspecified atom stereocenters. The molecule has 3 aromatic rings. The van der Waals surface area contributed by atoms with Crippen molar-refractivity contribution in [1.82, 2.24) is 9.88 Å². The normalized spacial score (nSPS) is 17.9. The Morgan fingerprint density at radius 3 is 2.89 bits per heavy atom. The number of likely N-dealkylation sites (tertiary alicyclic amines) is 1. The number of fused-ring (bicyclic) bond motifs is 1. The van der Waals surface area contributed by atoms with Crippen molar-refractivity contribution < 1.29 is 0 Å². The summed E-state index contributed by atoms with van der Waals surface area (Å²) < 4.78 is 0. The summed E-state index contributed by atoms with van der Waals surface area (Å²) in [7, 11) is 0. The fraction of sp³-hybridized carbons (Fsp3) is 0.286. The summed E-state index contributed by atoms with van der Waals surface area (Å²) >= 11 is 12.3. The molecule has 6 heteroatoms. The third kappa shape index (κ3) is 4.29. The van der Waals surface area contributed by atoms with Gasteiger partial charge in [-0.15, -0.1) is 0 Å². The van der Waals surface area contributed by atoms with Gasteiger partial charge in [0.05, 0.1) is 0 Å². The van der Waals surface area contributed by atoms with Gasteiger partial charge >= 0.3 is 0 Å². The van der Waals surface area contributed by atoms with Crippen LogP contribution in [0.15, 0.2) is 53.5 Å². The molecule has 1 atom stereocenters. The quantitative estimate of drug-likeness (QED) is 0.652. The van der Waals surface area contributed by atoms with Gasteiger partial charge in [0.25, 0.3) is 5.56 Å². The first-order valence-corrected chi connectivity index (χ1v) is 9.88. The highest BCUT2D eigenvalue weighted by molar-refractivity contribution is 6.35. The fourth-order valence-electron chi connectivity index (χ4n) is 3.73. The summed E-state index contributed by atoms with van der Waals surface area (Å²) in [5.41, 5.74) is 2.10. The molecular formula is C21H21Cl2N3O. The van der Waals surface area contributed by atoms with Crippen LogP contribution in [0.4, 0.5) is 5.69 Å². The largest absolute Gasteiger partial charge is 0.381 e. The minimum atomic E-state index is -0.0530. The van der Waals surface area contributed by atoms with Crippen LogP contribution in [0.2, 0.25) is 10.0 Å². The van der Waals surface area contributed by atoms with Gasteiger partial charge in [0.2, 0.25) is 0 Å². The number of anilines is 1. The van der Waals surface area contributed by atoms with E-state index in [4.69, 9.17) is 23.2 Å². The van der Waals surface area contributed by atoms with Gasteiger partial charge in [-0.2, -0.15) is 0 Å². The Bertz CT molecular complexity index is 1020. The van der Waals surface area contributed by atoms with Crippen LogP contribution in [0.5, 0.6) is 0 Å². The van der Waals surface area contributed by atoms with E-state index in [1.165, 1.54) is 0 Å². The third-order valence-electron chi connectivity index (χ3n) is 5.06. The second-order valence-electron chi connectivity index (χ2n) is 7.06. The minimum Gasteiger partial charge on any atom is -0.381 e. The molecule has 0 amide bonds. The van der Waals surface area contributed by atoms with Crippen LogP contribution >= 0.6 is 23.2 Å². The van der Waals surface area contributed by atoms with E-state index in [2.05, 4.69) is 15.2 Å². The molecule has 0 bridgehead atoms. The molecule has 2 aromatic carbocycles. The summed E-state index contributed by atoms with van der Waals surface area (Å²) in [6.45, 7) is 2.83. The Kier molecular flexibility index (Phi) is 5.39. The van der Waals surface area contributed by atoms with Crippen molar-refractivity contribution in [2.24, 2.45) is 0 Å². The number of pyridine rings is 1. The molecule has 1 aliphatic heterocycles. The van der Waals surface area contributed by atoms with Crippen LogP contribution in [-0.2, 0) is 6.54 Å². The molecule has 27 heavy (non-hydrogen) atoms. The van der Waals surface area contributed by atoms with Crippen LogP contribution in [0.25, 0.3) is 10.8 Å². The molecule has 0 saturated carbocycles. The summed E-state index contributed by atoms with van der Waals surface area (Å²) in [5, 5.41) is 6.67. The lowest BCUT2D eigenvalue weighted by atomic mass is 10.0. The number of aromatic amines is 1. The van der Waals surface area contributed by atoms with Gasteiger partial charge in [-0.25, -0.2) is 0 Å². The maximum absolute atomic E-state index is 11.8. The lowest BCUT2D eigenvalue weighted by Gasteiger charge is -2.34. The van der Waals surface area contributed by atoms with E-state index in [1.807, 2.05) is 36.4 Å². The van der Waals surface area contributed by atoms with Crippen molar-refractivity contribution in [2.75, 3.05) is 18.4 Å². The Labute approximate surface area is 168 Å². The van der Waals surface area contributed by atoms with E-state index >= 15 is 0 Å². The number of hydrogen-bond donors (Lipinski definition) is 2. The average molecular weight is 402 g/mol. The first-order chi connectivity index (χ1) is 13.1. The molecule has 1 aromatic heterocycles. The minimum absolute atomic E-state index is 0.0530. The monoisotopic (exact) mass is 401 g/mol. The van der Waals surface area contributed by atoms with E-state index in [0.717, 1.165) is 54.1 Å². The second kappa shape index (κ2) is 7.93. The Morgan fingerprint density at radius 2 is 2.04 bits per heavy atom. The summed E-state index contributed by atoms with van der Waals surface area (Å²) in [6, 6.07) is 13.9. The van der Waals surface area contributed by atoms with E-state index in [-0.39, 0.29) is 5.56 Å². The lowest BCUT2D eigenvalue weighted by molar-refractivity contribution is 0.208. The second-order valence-corrected chi connectivity index (χ2v) is 7.91. The van der Waals surface area contributed by atoms with Crippen molar-refractivity contribution >= 4 is 39.7 Å². The Hall–Kier alpha value is -2.01. The van der Waals surface area contributed by atoms with Crippen molar-refractivity contribution in [2.45, 2.75) is 25.4 Å². The molecule has 1 fully saturated rings. The number of hydrogen-bond acceptors (Lipinski definition) is 3. The molecule has 0 radical (unpaired) electrons. The summed E-state index contributed by atoms with van der Waals surface area (Å²) in [4.78, 5) is 17.0. The molecule has 1 saturated heterocycles. The van der Waals surface area contributed by atoms with Crippen LogP contribution in [-0.4, -0.2) is 29.0 Å². The number of aromatic nitrogens is 1. The van der Waals surface area contributed by atoms with E-state index < -0.39 is 0 Å². The van der Waals surface area contributed by atoms with E-state index in [9.17, 15) is 4.79 Å². The van der Waals surface area contributed by atoms with Gasteiger partial charge in [-0.05, 0) is 66.7 Å². The molecule has 4 nitrogen and oxygen atoms in total.